The highest BCUT2D eigenvalue weighted by Gasteiger charge is 2.35. The summed E-state index contributed by atoms with van der Waals surface area (Å²) in [4.78, 5) is 0. The first kappa shape index (κ1) is 56.1. The number of hydrogen-bond donors (Lipinski definition) is 8. The molecule has 0 spiro atoms. The number of phenols is 8. The molecule has 12 heteroatoms. The van der Waals surface area contributed by atoms with Gasteiger partial charge in [-0.2, -0.15) is 0 Å². The van der Waals surface area contributed by atoms with Gasteiger partial charge in [0.15, 0.2) is 0 Å². The van der Waals surface area contributed by atoms with Gasteiger partial charge in [0.1, 0.15) is 69.0 Å². The molecule has 0 fully saturated rings. The Hall–Kier alpha value is -8.64. The number of unbranched alkanes of at least 4 members (excludes halogenated alkanes) is 4. The van der Waals surface area contributed by atoms with Gasteiger partial charge < -0.3 is 59.8 Å². The van der Waals surface area contributed by atoms with Gasteiger partial charge in [-0.3, -0.25) is 0 Å². The molecule has 0 saturated heterocycles. The molecule has 9 rings (SSSR count). The molecule has 416 valence electrons. The Morgan fingerprint density at radius 2 is 0.412 bits per heavy atom. The molecule has 0 aromatic heterocycles. The number of rotatable bonds is 20. The van der Waals surface area contributed by atoms with Crippen LogP contribution in [-0.4, -0.2) is 67.3 Å². The molecule has 0 amide bonds. The molecule has 8 aromatic carbocycles. The van der Waals surface area contributed by atoms with E-state index in [0.29, 0.717) is 71.7 Å². The zero-order valence-corrected chi connectivity index (χ0v) is 45.9. The Balaban J connectivity index is 1.38. The Kier molecular flexibility index (Phi) is 17.8. The van der Waals surface area contributed by atoms with E-state index in [2.05, 4.69) is 27.7 Å². The fraction of sp³-hybridized carbons (Fsp3) is 0.294. The highest BCUT2D eigenvalue weighted by Crippen LogP contribution is 2.54. The second kappa shape index (κ2) is 25.4. The van der Waals surface area contributed by atoms with Gasteiger partial charge in [0, 0.05) is 92.4 Å². The van der Waals surface area contributed by atoms with Crippen molar-refractivity contribution in [1.82, 2.24) is 0 Å². The molecule has 1 aliphatic rings. The maximum absolute atomic E-state index is 12.3. The van der Waals surface area contributed by atoms with Crippen LogP contribution in [0.2, 0.25) is 0 Å². The van der Waals surface area contributed by atoms with Crippen LogP contribution in [0, 0.1) is 0 Å². The van der Waals surface area contributed by atoms with Crippen LogP contribution in [0.25, 0.3) is 0 Å². The van der Waals surface area contributed by atoms with Gasteiger partial charge in [-0.25, -0.2) is 0 Å². The molecule has 8 N–H and O–H groups in total. The van der Waals surface area contributed by atoms with Crippen LogP contribution in [0.3, 0.4) is 0 Å². The fourth-order valence-corrected chi connectivity index (χ4v) is 10.8. The van der Waals surface area contributed by atoms with Crippen LogP contribution < -0.4 is 18.9 Å². The minimum Gasteiger partial charge on any atom is -0.507 e. The standard InChI is InChI=1S/C68H72O12/c1-5-9-29-77-45-21-13-41(14-22-45)65-49-33-51(59(71)37-57(49)69)66(42-15-23-46(24-16-42)78-30-10-6-2)53-35-55(63(75)39-61(53)73)68(44-19-27-48(28-20-44)80-32-12-8-4)56-36-54(62(74)40-64(56)76)67(52-34-50(65)58(70)38-60(52)72)43-17-25-47(26-18-43)79-31-11-7-3/h13-28,33-40,65-76H,5-12,29-32H2,1-4H3. The predicted molar refractivity (Wildman–Crippen MR) is 310 cm³/mol. The van der Waals surface area contributed by atoms with E-state index in [4.69, 9.17) is 18.9 Å². The van der Waals surface area contributed by atoms with E-state index < -0.39 is 23.7 Å². The number of benzene rings is 8. The largest absolute Gasteiger partial charge is 0.507 e. The SMILES string of the molecule is CCCCOc1ccc(C2c3cc(c(O)cc3O)C(c3ccc(OCCCC)cc3)c3cc(c(O)cc3O)C(c3ccc(OCCCC)cc3)c3cc(c(O)cc3O)C(c3ccc(OCCCC)cc3)c3cc2c(O)cc3O)cc1. The van der Waals surface area contributed by atoms with Crippen LogP contribution in [0.5, 0.6) is 69.0 Å². The van der Waals surface area contributed by atoms with Crippen molar-refractivity contribution >= 4 is 0 Å². The second-order valence-electron chi connectivity index (χ2n) is 20.7. The Morgan fingerprint density at radius 3 is 0.562 bits per heavy atom. The second-order valence-corrected chi connectivity index (χ2v) is 20.7. The molecule has 0 heterocycles. The lowest BCUT2D eigenvalue weighted by Crippen LogP contribution is -2.13. The Bertz CT molecular complexity index is 2820. The summed E-state index contributed by atoms with van der Waals surface area (Å²) in [5.41, 5.74) is 4.37. The van der Waals surface area contributed by atoms with Gasteiger partial charge >= 0.3 is 0 Å². The lowest BCUT2D eigenvalue weighted by atomic mass is 9.75. The summed E-state index contributed by atoms with van der Waals surface area (Å²) >= 11 is 0. The van der Waals surface area contributed by atoms with Crippen molar-refractivity contribution in [3.8, 4) is 69.0 Å². The maximum atomic E-state index is 12.3. The van der Waals surface area contributed by atoms with Gasteiger partial charge in [0.05, 0.1) is 26.4 Å². The number of fused-ring (bicyclic) bond motifs is 8. The third-order valence-electron chi connectivity index (χ3n) is 15.1. The topological polar surface area (TPSA) is 199 Å². The van der Waals surface area contributed by atoms with Gasteiger partial charge in [-0.1, -0.05) is 102 Å². The van der Waals surface area contributed by atoms with Crippen LogP contribution in [0.1, 0.15) is 169 Å². The molecule has 0 saturated carbocycles. The molecule has 0 atom stereocenters. The minimum absolute atomic E-state index is 0.249. The summed E-state index contributed by atoms with van der Waals surface area (Å²) in [6.07, 6.45) is 7.16. The van der Waals surface area contributed by atoms with Crippen molar-refractivity contribution < 1.29 is 59.8 Å². The molecule has 80 heavy (non-hydrogen) atoms. The highest BCUT2D eigenvalue weighted by molar-refractivity contribution is 5.67. The van der Waals surface area contributed by atoms with Gasteiger partial charge in [0.2, 0.25) is 0 Å². The van der Waals surface area contributed by atoms with E-state index >= 15 is 0 Å². The summed E-state index contributed by atoms with van der Waals surface area (Å²) < 4.78 is 24.3. The summed E-state index contributed by atoms with van der Waals surface area (Å²) in [6, 6.07) is 40.9. The van der Waals surface area contributed by atoms with Crippen molar-refractivity contribution in [3.05, 3.63) is 212 Å². The molecular formula is C68H72O12. The Labute approximate surface area is 468 Å². The zero-order valence-electron chi connectivity index (χ0n) is 45.9. The van der Waals surface area contributed by atoms with Gasteiger partial charge in [0.25, 0.3) is 0 Å². The molecule has 0 radical (unpaired) electrons. The van der Waals surface area contributed by atoms with Crippen molar-refractivity contribution in [3.63, 3.8) is 0 Å². The van der Waals surface area contributed by atoms with Gasteiger partial charge in [-0.05, 0) is 121 Å². The van der Waals surface area contributed by atoms with E-state index in [-0.39, 0.29) is 90.5 Å². The molecule has 8 bridgehead atoms. The van der Waals surface area contributed by atoms with Crippen molar-refractivity contribution in [2.45, 2.75) is 103 Å². The van der Waals surface area contributed by atoms with E-state index in [9.17, 15) is 40.9 Å². The minimum atomic E-state index is -1.01. The van der Waals surface area contributed by atoms with E-state index in [1.54, 1.807) is 24.3 Å². The third-order valence-corrected chi connectivity index (χ3v) is 15.1. The summed E-state index contributed by atoms with van der Waals surface area (Å²) in [5.74, 6) is -4.15. The summed E-state index contributed by atoms with van der Waals surface area (Å²) in [5, 5.41) is 98.4. The normalized spacial score (nSPS) is 15.8. The number of hydrogen-bond acceptors (Lipinski definition) is 12. The average Bonchev–Trinajstić information content (AvgIpc) is 3.62. The molecule has 8 aromatic rings. The van der Waals surface area contributed by atoms with E-state index in [0.717, 1.165) is 51.4 Å². The lowest BCUT2D eigenvalue weighted by molar-refractivity contribution is 0.309. The van der Waals surface area contributed by atoms with Crippen molar-refractivity contribution in [1.29, 1.82) is 0 Å². The van der Waals surface area contributed by atoms with Gasteiger partial charge in [-0.15, -0.1) is 0 Å². The molecule has 12 nitrogen and oxygen atoms in total. The third kappa shape index (κ3) is 12.1. The summed E-state index contributed by atoms with van der Waals surface area (Å²) in [7, 11) is 0. The number of ether oxygens (including phenoxy) is 4. The van der Waals surface area contributed by atoms with E-state index in [1.165, 1.54) is 24.3 Å². The smallest absolute Gasteiger partial charge is 0.123 e. The quantitative estimate of drug-likeness (QED) is 0.0337. The predicted octanol–water partition coefficient (Wildman–Crippen LogP) is 15.1. The first-order valence-electron chi connectivity index (χ1n) is 28.0. The monoisotopic (exact) mass is 1080 g/mol. The maximum Gasteiger partial charge on any atom is 0.123 e. The number of phenolic OH excluding ortho intramolecular Hbond substituents is 8. The first-order valence-corrected chi connectivity index (χ1v) is 28.0. The zero-order chi connectivity index (χ0) is 56.5. The first-order chi connectivity index (χ1) is 38.8. The van der Waals surface area contributed by atoms with Crippen LogP contribution in [0.15, 0.2) is 146 Å². The van der Waals surface area contributed by atoms with Crippen LogP contribution in [0.4, 0.5) is 0 Å². The van der Waals surface area contributed by atoms with Crippen LogP contribution >= 0.6 is 0 Å². The fourth-order valence-electron chi connectivity index (χ4n) is 10.8. The number of aromatic hydroxyl groups is 8. The average molecular weight is 1080 g/mol. The van der Waals surface area contributed by atoms with Crippen molar-refractivity contribution in [2.75, 3.05) is 26.4 Å². The van der Waals surface area contributed by atoms with E-state index in [1.807, 2.05) is 97.1 Å². The molecular weight excluding hydrogens is 1010 g/mol. The van der Waals surface area contributed by atoms with Crippen molar-refractivity contribution in [2.24, 2.45) is 0 Å². The van der Waals surface area contributed by atoms with Crippen LogP contribution in [-0.2, 0) is 0 Å². The lowest BCUT2D eigenvalue weighted by Gasteiger charge is -2.30. The Morgan fingerprint density at radius 1 is 0.250 bits per heavy atom. The molecule has 0 unspecified atom stereocenters. The summed E-state index contributed by atoms with van der Waals surface area (Å²) in [6.45, 7) is 10.3. The highest BCUT2D eigenvalue weighted by atomic mass is 16.5. The molecule has 1 aliphatic carbocycles. The molecule has 0 aliphatic heterocycles.